The van der Waals surface area contributed by atoms with Crippen molar-refractivity contribution < 1.29 is 4.79 Å². The summed E-state index contributed by atoms with van der Waals surface area (Å²) in [5.74, 6) is 4.71. The topological polar surface area (TPSA) is 29.1 Å². The molecule has 19 heavy (non-hydrogen) atoms. The van der Waals surface area contributed by atoms with Crippen LogP contribution in [0.1, 0.15) is 44.9 Å². The largest absolute Gasteiger partial charge is 0.356 e. The summed E-state index contributed by atoms with van der Waals surface area (Å²) in [5, 5.41) is 3.57. The highest BCUT2D eigenvalue weighted by Crippen LogP contribution is 2.69. The molecule has 4 aliphatic carbocycles. The van der Waals surface area contributed by atoms with Crippen LogP contribution in [-0.2, 0) is 4.79 Å². The maximum absolute atomic E-state index is 12.3. The van der Waals surface area contributed by atoms with E-state index in [0.29, 0.717) is 23.1 Å². The van der Waals surface area contributed by atoms with Crippen molar-refractivity contribution in [3.8, 4) is 0 Å². The average Bonchev–Trinajstić information content (AvgIpc) is 2.85. The molecular weight excluding hydrogens is 258 g/mol. The Morgan fingerprint density at radius 1 is 1.05 bits per heavy atom. The molecule has 0 spiro atoms. The second-order valence-corrected chi connectivity index (χ2v) is 8.01. The van der Waals surface area contributed by atoms with Gasteiger partial charge in [-0.2, -0.15) is 0 Å². The van der Waals surface area contributed by atoms with Crippen LogP contribution in [0.5, 0.6) is 0 Å². The first-order valence-electron chi connectivity index (χ1n) is 8.16. The van der Waals surface area contributed by atoms with E-state index in [1.165, 1.54) is 32.1 Å². The number of fused-ring (bicyclic) bond motifs is 5. The first-order chi connectivity index (χ1) is 9.24. The maximum Gasteiger partial charge on any atom is 0.223 e. The lowest BCUT2D eigenvalue weighted by Crippen LogP contribution is -2.34. The summed E-state index contributed by atoms with van der Waals surface area (Å²) in [4.78, 5) is 12.3. The summed E-state index contributed by atoms with van der Waals surface area (Å²) in [6, 6.07) is 0. The number of halogens is 1. The first kappa shape index (κ1) is 12.5. The number of nitrogens with one attached hydrogen (secondary N) is 1. The van der Waals surface area contributed by atoms with E-state index in [0.717, 1.165) is 43.1 Å². The van der Waals surface area contributed by atoms with Gasteiger partial charge in [0.15, 0.2) is 0 Å². The lowest BCUT2D eigenvalue weighted by molar-refractivity contribution is -0.123. The summed E-state index contributed by atoms with van der Waals surface area (Å²) in [6.45, 7) is 0.868. The third-order valence-electron chi connectivity index (χ3n) is 6.32. The normalized spacial score (nSPS) is 50.9. The summed E-state index contributed by atoms with van der Waals surface area (Å²) in [6.07, 6.45) is 8.93. The van der Waals surface area contributed by atoms with Gasteiger partial charge in [-0.05, 0) is 68.1 Å². The molecular formula is C16H24ClNO. The molecule has 0 saturated heterocycles. The van der Waals surface area contributed by atoms with Crippen molar-refractivity contribution in [3.63, 3.8) is 0 Å². The number of amides is 1. The van der Waals surface area contributed by atoms with Crippen LogP contribution < -0.4 is 5.32 Å². The molecule has 4 fully saturated rings. The summed E-state index contributed by atoms with van der Waals surface area (Å²) >= 11 is 6.21. The van der Waals surface area contributed by atoms with Crippen LogP contribution in [0.2, 0.25) is 0 Å². The molecule has 6 unspecified atom stereocenters. The number of carbonyl (C=O) groups is 1. The molecule has 2 bridgehead atoms. The number of hydrogen-bond acceptors (Lipinski definition) is 1. The molecule has 2 nitrogen and oxygen atoms in total. The Morgan fingerprint density at radius 3 is 2.47 bits per heavy atom. The van der Waals surface area contributed by atoms with Crippen LogP contribution in [0, 0.1) is 35.5 Å². The van der Waals surface area contributed by atoms with E-state index >= 15 is 0 Å². The van der Waals surface area contributed by atoms with Crippen LogP contribution in [0.4, 0.5) is 0 Å². The highest BCUT2D eigenvalue weighted by Gasteiger charge is 2.67. The van der Waals surface area contributed by atoms with Crippen molar-refractivity contribution in [2.75, 3.05) is 6.54 Å². The lowest BCUT2D eigenvalue weighted by atomic mass is 9.89. The monoisotopic (exact) mass is 281 g/mol. The molecule has 4 aliphatic rings. The highest BCUT2D eigenvalue weighted by atomic mass is 35.5. The van der Waals surface area contributed by atoms with Gasteiger partial charge in [0.05, 0.1) is 0 Å². The molecule has 0 aromatic carbocycles. The van der Waals surface area contributed by atoms with Crippen LogP contribution in [0.15, 0.2) is 0 Å². The van der Waals surface area contributed by atoms with Crippen LogP contribution >= 0.6 is 11.6 Å². The van der Waals surface area contributed by atoms with Gasteiger partial charge in [-0.15, -0.1) is 11.6 Å². The summed E-state index contributed by atoms with van der Waals surface area (Å²) in [5.41, 5.74) is 0. The zero-order valence-corrected chi connectivity index (χ0v) is 12.2. The minimum Gasteiger partial charge on any atom is -0.356 e. The zero-order valence-electron chi connectivity index (χ0n) is 11.5. The van der Waals surface area contributed by atoms with E-state index in [1.807, 2.05) is 0 Å². The van der Waals surface area contributed by atoms with E-state index in [2.05, 4.69) is 5.32 Å². The van der Waals surface area contributed by atoms with Crippen molar-refractivity contribution in [1.82, 2.24) is 5.32 Å². The van der Waals surface area contributed by atoms with Gasteiger partial charge in [0.1, 0.15) is 0 Å². The van der Waals surface area contributed by atoms with Crippen LogP contribution in [0.3, 0.4) is 0 Å². The van der Waals surface area contributed by atoms with Crippen molar-refractivity contribution in [2.45, 2.75) is 50.3 Å². The van der Waals surface area contributed by atoms with Gasteiger partial charge in [0, 0.05) is 17.8 Å². The minimum absolute atomic E-state index is 0.340. The third-order valence-corrected chi connectivity index (χ3v) is 6.72. The SMILES string of the molecule is O=C(NCC1CCCC(Cl)C1)C1C2C3CCC(C3)C12. The van der Waals surface area contributed by atoms with Crippen LogP contribution in [0.25, 0.3) is 0 Å². The predicted octanol–water partition coefficient (Wildman–Crippen LogP) is 3.19. The van der Waals surface area contributed by atoms with Crippen LogP contribution in [-0.4, -0.2) is 17.8 Å². The predicted molar refractivity (Wildman–Crippen MR) is 75.9 cm³/mol. The van der Waals surface area contributed by atoms with Crippen molar-refractivity contribution in [3.05, 3.63) is 0 Å². The van der Waals surface area contributed by atoms with Crippen molar-refractivity contribution in [1.29, 1.82) is 0 Å². The van der Waals surface area contributed by atoms with E-state index in [9.17, 15) is 4.79 Å². The number of rotatable bonds is 3. The van der Waals surface area contributed by atoms with Crippen molar-refractivity contribution in [2.24, 2.45) is 35.5 Å². The minimum atomic E-state index is 0.340. The summed E-state index contributed by atoms with van der Waals surface area (Å²) < 4.78 is 0. The standard InChI is InChI=1S/C16H24ClNO/c17-12-3-1-2-9(6-12)8-18-16(19)15-13-10-4-5-11(7-10)14(13)15/h9-15H,1-8H2,(H,18,19). The molecule has 1 amide bonds. The van der Waals surface area contributed by atoms with E-state index in [1.54, 1.807) is 0 Å². The fourth-order valence-corrected chi connectivity index (χ4v) is 5.86. The molecule has 0 heterocycles. The maximum atomic E-state index is 12.3. The first-order valence-corrected chi connectivity index (χ1v) is 8.59. The van der Waals surface area contributed by atoms with E-state index in [-0.39, 0.29) is 0 Å². The molecule has 106 valence electrons. The zero-order chi connectivity index (χ0) is 13.0. The molecule has 6 atom stereocenters. The fraction of sp³-hybridized carbons (Fsp3) is 0.938. The lowest BCUT2D eigenvalue weighted by Gasteiger charge is -2.25. The molecule has 3 heteroatoms. The Kier molecular flexibility index (Phi) is 3.06. The Labute approximate surface area is 120 Å². The molecule has 0 radical (unpaired) electrons. The molecule has 0 aromatic rings. The van der Waals surface area contributed by atoms with Gasteiger partial charge in [-0.3, -0.25) is 4.79 Å². The van der Waals surface area contributed by atoms with E-state index in [4.69, 9.17) is 11.6 Å². The smallest absolute Gasteiger partial charge is 0.223 e. The number of alkyl halides is 1. The Hall–Kier alpha value is -0.240. The quantitative estimate of drug-likeness (QED) is 0.791. The second kappa shape index (κ2) is 4.65. The van der Waals surface area contributed by atoms with E-state index < -0.39 is 0 Å². The molecule has 4 saturated carbocycles. The average molecular weight is 282 g/mol. The molecule has 1 N–H and O–H groups in total. The molecule has 0 aromatic heterocycles. The Bertz CT molecular complexity index is 369. The second-order valence-electron chi connectivity index (χ2n) is 7.39. The Morgan fingerprint density at radius 2 is 1.79 bits per heavy atom. The van der Waals surface area contributed by atoms with Gasteiger partial charge in [-0.1, -0.05) is 6.42 Å². The van der Waals surface area contributed by atoms with Gasteiger partial charge >= 0.3 is 0 Å². The molecule has 4 rings (SSSR count). The number of hydrogen-bond donors (Lipinski definition) is 1. The third kappa shape index (κ3) is 2.11. The van der Waals surface area contributed by atoms with Gasteiger partial charge in [0.2, 0.25) is 5.91 Å². The Balaban J connectivity index is 1.27. The van der Waals surface area contributed by atoms with Gasteiger partial charge in [0.25, 0.3) is 0 Å². The van der Waals surface area contributed by atoms with Gasteiger partial charge < -0.3 is 5.32 Å². The highest BCUT2D eigenvalue weighted by molar-refractivity contribution is 6.20. The fourth-order valence-electron chi connectivity index (χ4n) is 5.45. The number of carbonyl (C=O) groups excluding carboxylic acids is 1. The molecule has 0 aliphatic heterocycles. The van der Waals surface area contributed by atoms with Gasteiger partial charge in [-0.25, -0.2) is 0 Å². The summed E-state index contributed by atoms with van der Waals surface area (Å²) in [7, 11) is 0. The van der Waals surface area contributed by atoms with Crippen molar-refractivity contribution >= 4 is 17.5 Å².